The molecule has 3 nitrogen and oxygen atoms in total. The Bertz CT molecular complexity index is 343. The van der Waals surface area contributed by atoms with Crippen LogP contribution in [0.5, 0.6) is 0 Å². The third-order valence-electron chi connectivity index (χ3n) is 1.59. The van der Waals surface area contributed by atoms with Crippen molar-refractivity contribution in [3.8, 4) is 0 Å². The van der Waals surface area contributed by atoms with Gasteiger partial charge in [0, 0.05) is 7.14 Å². The molecule has 2 N–H and O–H groups in total. The lowest BCUT2D eigenvalue weighted by Crippen LogP contribution is -2.06. The highest BCUT2D eigenvalue weighted by Gasteiger charge is 2.10. The van der Waals surface area contributed by atoms with Crippen molar-refractivity contribution in [1.29, 1.82) is 0 Å². The molecule has 0 atom stereocenters. The van der Waals surface area contributed by atoms with E-state index in [-0.39, 0.29) is 5.97 Å². The second-order valence-corrected chi connectivity index (χ2v) is 4.90. The number of esters is 1. The Balaban J connectivity index is 3.06. The monoisotopic (exact) mass is 417 g/mol. The van der Waals surface area contributed by atoms with Gasteiger partial charge >= 0.3 is 5.97 Å². The van der Waals surface area contributed by atoms with E-state index in [1.54, 1.807) is 19.1 Å². The molecule has 14 heavy (non-hydrogen) atoms. The van der Waals surface area contributed by atoms with Crippen molar-refractivity contribution < 1.29 is 9.53 Å². The molecule has 0 bridgehead atoms. The minimum Gasteiger partial charge on any atom is -0.462 e. The fraction of sp³-hybridized carbons (Fsp3) is 0.222. The van der Waals surface area contributed by atoms with E-state index in [0.717, 1.165) is 7.14 Å². The van der Waals surface area contributed by atoms with Crippen LogP contribution in [0.2, 0.25) is 0 Å². The van der Waals surface area contributed by atoms with Crippen molar-refractivity contribution in [2.24, 2.45) is 0 Å². The molecular formula is C9H9I2NO2. The van der Waals surface area contributed by atoms with Crippen molar-refractivity contribution in [2.45, 2.75) is 6.92 Å². The lowest BCUT2D eigenvalue weighted by Gasteiger charge is -2.06. The van der Waals surface area contributed by atoms with E-state index >= 15 is 0 Å². The Morgan fingerprint density at radius 1 is 1.43 bits per heavy atom. The molecule has 0 aliphatic rings. The summed E-state index contributed by atoms with van der Waals surface area (Å²) in [6.45, 7) is 2.17. The summed E-state index contributed by atoms with van der Waals surface area (Å²) in [5, 5.41) is 0. The van der Waals surface area contributed by atoms with Gasteiger partial charge in [-0.05, 0) is 64.2 Å². The third kappa shape index (κ3) is 2.72. The summed E-state index contributed by atoms with van der Waals surface area (Å²) in [5.41, 5.74) is 7.02. The van der Waals surface area contributed by atoms with Gasteiger partial charge in [-0.2, -0.15) is 0 Å². The third-order valence-corrected chi connectivity index (χ3v) is 3.38. The van der Waals surface area contributed by atoms with Crippen LogP contribution >= 0.6 is 45.2 Å². The maximum Gasteiger partial charge on any atom is 0.338 e. The second-order valence-electron chi connectivity index (χ2n) is 2.57. The van der Waals surface area contributed by atoms with Crippen molar-refractivity contribution in [1.82, 2.24) is 0 Å². The molecule has 0 spiro atoms. The average molecular weight is 417 g/mol. The Morgan fingerprint density at radius 3 is 2.36 bits per heavy atom. The number of carbonyl (C=O) groups is 1. The van der Waals surface area contributed by atoms with E-state index in [2.05, 4.69) is 45.2 Å². The van der Waals surface area contributed by atoms with Gasteiger partial charge in [0.15, 0.2) is 0 Å². The summed E-state index contributed by atoms with van der Waals surface area (Å²) in [7, 11) is 0. The standard InChI is InChI=1S/C9H9I2NO2/c1-2-14-9(13)5-3-6(10)8(12)7(11)4-5/h3-4H,2,12H2,1H3. The van der Waals surface area contributed by atoms with Gasteiger partial charge in [-0.25, -0.2) is 4.79 Å². The SMILES string of the molecule is CCOC(=O)c1cc(I)c(N)c(I)c1. The van der Waals surface area contributed by atoms with E-state index in [0.29, 0.717) is 17.9 Å². The van der Waals surface area contributed by atoms with E-state index < -0.39 is 0 Å². The fourth-order valence-corrected chi connectivity index (χ4v) is 2.68. The number of rotatable bonds is 2. The van der Waals surface area contributed by atoms with Gasteiger partial charge in [0.25, 0.3) is 0 Å². The summed E-state index contributed by atoms with van der Waals surface area (Å²) in [4.78, 5) is 11.4. The first kappa shape index (κ1) is 12.0. The zero-order valence-corrected chi connectivity index (χ0v) is 11.8. The van der Waals surface area contributed by atoms with Gasteiger partial charge in [0.2, 0.25) is 0 Å². The highest BCUT2D eigenvalue weighted by molar-refractivity contribution is 14.1. The van der Waals surface area contributed by atoms with Crippen molar-refractivity contribution >= 4 is 56.8 Å². The summed E-state index contributed by atoms with van der Waals surface area (Å²) in [5.74, 6) is -0.302. The van der Waals surface area contributed by atoms with E-state index in [1.807, 2.05) is 0 Å². The molecule has 76 valence electrons. The smallest absolute Gasteiger partial charge is 0.338 e. The number of hydrogen-bond donors (Lipinski definition) is 1. The number of nitrogens with two attached hydrogens (primary N) is 1. The molecule has 0 saturated carbocycles. The van der Waals surface area contributed by atoms with Crippen LogP contribution in [0.25, 0.3) is 0 Å². The first-order valence-corrected chi connectivity index (χ1v) is 6.13. The van der Waals surface area contributed by atoms with Crippen molar-refractivity contribution in [2.75, 3.05) is 12.3 Å². The molecular weight excluding hydrogens is 408 g/mol. The number of benzene rings is 1. The van der Waals surface area contributed by atoms with Crippen LogP contribution in [-0.2, 0) is 4.74 Å². The lowest BCUT2D eigenvalue weighted by atomic mass is 10.2. The van der Waals surface area contributed by atoms with Gasteiger partial charge in [-0.3, -0.25) is 0 Å². The van der Waals surface area contributed by atoms with Gasteiger partial charge in [-0.15, -0.1) is 0 Å². The number of carbonyl (C=O) groups excluding carboxylic acids is 1. The van der Waals surface area contributed by atoms with Crippen LogP contribution in [0.3, 0.4) is 0 Å². The van der Waals surface area contributed by atoms with Gasteiger partial charge in [-0.1, -0.05) is 0 Å². The normalized spacial score (nSPS) is 9.93. The molecule has 0 heterocycles. The molecule has 1 aromatic rings. The highest BCUT2D eigenvalue weighted by Crippen LogP contribution is 2.23. The van der Waals surface area contributed by atoms with Gasteiger partial charge in [0.1, 0.15) is 0 Å². The van der Waals surface area contributed by atoms with Gasteiger partial charge in [0.05, 0.1) is 17.9 Å². The molecule has 0 aliphatic heterocycles. The maximum atomic E-state index is 11.4. The largest absolute Gasteiger partial charge is 0.462 e. The lowest BCUT2D eigenvalue weighted by molar-refractivity contribution is 0.0526. The molecule has 0 aromatic heterocycles. The van der Waals surface area contributed by atoms with Crippen LogP contribution in [0, 0.1) is 7.14 Å². The molecule has 5 heteroatoms. The highest BCUT2D eigenvalue weighted by atomic mass is 127. The zero-order valence-electron chi connectivity index (χ0n) is 7.51. The topological polar surface area (TPSA) is 52.3 Å². The summed E-state index contributed by atoms with van der Waals surface area (Å²) < 4.78 is 6.64. The number of ether oxygens (including phenoxy) is 1. The van der Waals surface area contributed by atoms with Crippen LogP contribution in [0.4, 0.5) is 5.69 Å². The fourth-order valence-electron chi connectivity index (χ4n) is 0.917. The Morgan fingerprint density at radius 2 is 1.93 bits per heavy atom. The molecule has 0 saturated heterocycles. The predicted molar refractivity (Wildman–Crippen MR) is 72.2 cm³/mol. The molecule has 0 radical (unpaired) electrons. The quantitative estimate of drug-likeness (QED) is 0.458. The molecule has 1 rings (SSSR count). The van der Waals surface area contributed by atoms with Gasteiger partial charge < -0.3 is 10.5 Å². The molecule has 0 fully saturated rings. The summed E-state index contributed by atoms with van der Waals surface area (Å²) in [6, 6.07) is 3.46. The number of nitrogen functional groups attached to an aromatic ring is 1. The number of hydrogen-bond acceptors (Lipinski definition) is 3. The second kappa shape index (κ2) is 5.15. The van der Waals surface area contributed by atoms with E-state index in [9.17, 15) is 4.79 Å². The van der Waals surface area contributed by atoms with E-state index in [1.165, 1.54) is 0 Å². The minimum atomic E-state index is -0.302. The number of anilines is 1. The van der Waals surface area contributed by atoms with Crippen LogP contribution in [0.1, 0.15) is 17.3 Å². The Kier molecular flexibility index (Phi) is 4.42. The number of halogens is 2. The molecule has 0 unspecified atom stereocenters. The first-order chi connectivity index (χ1) is 6.56. The first-order valence-electron chi connectivity index (χ1n) is 3.98. The average Bonchev–Trinajstić information content (AvgIpc) is 2.13. The zero-order chi connectivity index (χ0) is 10.7. The van der Waals surface area contributed by atoms with E-state index in [4.69, 9.17) is 10.5 Å². The summed E-state index contributed by atoms with van der Waals surface area (Å²) in [6.07, 6.45) is 0. The summed E-state index contributed by atoms with van der Waals surface area (Å²) >= 11 is 4.20. The Labute approximate surface area is 110 Å². The predicted octanol–water partition coefficient (Wildman–Crippen LogP) is 2.65. The molecule has 0 aliphatic carbocycles. The van der Waals surface area contributed by atoms with Crippen LogP contribution in [0.15, 0.2) is 12.1 Å². The molecule has 0 amide bonds. The maximum absolute atomic E-state index is 11.4. The molecule has 1 aromatic carbocycles. The van der Waals surface area contributed by atoms with Crippen LogP contribution < -0.4 is 5.73 Å². The van der Waals surface area contributed by atoms with Crippen molar-refractivity contribution in [3.63, 3.8) is 0 Å². The van der Waals surface area contributed by atoms with Crippen molar-refractivity contribution in [3.05, 3.63) is 24.8 Å². The van der Waals surface area contributed by atoms with Crippen LogP contribution in [-0.4, -0.2) is 12.6 Å². The minimum absolute atomic E-state index is 0.302. The Hall–Kier alpha value is -0.0500.